The number of nitrogens with two attached hydrogens (primary N) is 1. The number of aliphatic hydroxyl groups excluding tert-OH is 1. The predicted molar refractivity (Wildman–Crippen MR) is 75.5 cm³/mol. The number of benzene rings is 2. The molecule has 0 radical (unpaired) electrons. The first-order valence-electron chi connectivity index (χ1n) is 6.21. The van der Waals surface area contributed by atoms with Crippen molar-refractivity contribution in [2.45, 2.75) is 26.9 Å². The Morgan fingerprint density at radius 1 is 0.947 bits per heavy atom. The van der Waals surface area contributed by atoms with E-state index >= 15 is 0 Å². The quantitative estimate of drug-likeness (QED) is 0.812. The molecule has 0 fully saturated rings. The smallest absolute Gasteiger partial charge is 0.123 e. The number of aryl methyl sites for hydroxylation is 3. The zero-order valence-electron chi connectivity index (χ0n) is 11.4. The largest absolute Gasteiger partial charge is 0.398 e. The van der Waals surface area contributed by atoms with Crippen LogP contribution in [0.25, 0.3) is 0 Å². The SMILES string of the molecule is Cc1cc(C)c(C(O)c2cc(F)ccc2N)cc1C. The lowest BCUT2D eigenvalue weighted by atomic mass is 9.93. The highest BCUT2D eigenvalue weighted by Gasteiger charge is 2.17. The summed E-state index contributed by atoms with van der Waals surface area (Å²) in [4.78, 5) is 0. The van der Waals surface area contributed by atoms with Crippen molar-refractivity contribution in [2.75, 3.05) is 5.73 Å². The molecule has 0 bridgehead atoms. The van der Waals surface area contributed by atoms with Gasteiger partial charge in [0.1, 0.15) is 11.9 Å². The maximum atomic E-state index is 13.3. The van der Waals surface area contributed by atoms with E-state index in [0.29, 0.717) is 11.3 Å². The summed E-state index contributed by atoms with van der Waals surface area (Å²) in [5.74, 6) is -0.398. The molecule has 1 atom stereocenters. The molecule has 100 valence electrons. The predicted octanol–water partition coefficient (Wildman–Crippen LogP) is 3.41. The summed E-state index contributed by atoms with van der Waals surface area (Å²) < 4.78 is 13.3. The molecule has 2 nitrogen and oxygen atoms in total. The van der Waals surface area contributed by atoms with Crippen LogP contribution in [0.5, 0.6) is 0 Å². The molecule has 0 aliphatic heterocycles. The highest BCUT2D eigenvalue weighted by molar-refractivity contribution is 5.52. The van der Waals surface area contributed by atoms with Crippen molar-refractivity contribution < 1.29 is 9.50 Å². The highest BCUT2D eigenvalue weighted by atomic mass is 19.1. The standard InChI is InChI=1S/C16H18FNO/c1-9-6-11(3)13(7-10(9)2)16(19)14-8-12(17)4-5-15(14)18/h4-8,16,19H,18H2,1-3H3. The van der Waals surface area contributed by atoms with E-state index in [4.69, 9.17) is 5.73 Å². The molecule has 0 aliphatic rings. The Morgan fingerprint density at radius 2 is 1.58 bits per heavy atom. The molecule has 0 aliphatic carbocycles. The van der Waals surface area contributed by atoms with Gasteiger partial charge in [0.25, 0.3) is 0 Å². The van der Waals surface area contributed by atoms with Gasteiger partial charge in [0.2, 0.25) is 0 Å². The van der Waals surface area contributed by atoms with Crippen LogP contribution in [0.1, 0.15) is 33.9 Å². The van der Waals surface area contributed by atoms with E-state index in [9.17, 15) is 9.50 Å². The number of hydrogen-bond acceptors (Lipinski definition) is 2. The lowest BCUT2D eigenvalue weighted by Crippen LogP contribution is -2.07. The second kappa shape index (κ2) is 5.02. The molecule has 3 heteroatoms. The summed E-state index contributed by atoms with van der Waals surface area (Å²) in [6, 6.07) is 8.00. The van der Waals surface area contributed by atoms with Crippen LogP contribution in [0.15, 0.2) is 30.3 Å². The van der Waals surface area contributed by atoms with Crippen molar-refractivity contribution in [3.8, 4) is 0 Å². The molecule has 2 aromatic rings. The first kappa shape index (κ1) is 13.6. The zero-order valence-corrected chi connectivity index (χ0v) is 11.4. The number of hydrogen-bond donors (Lipinski definition) is 2. The molecule has 1 unspecified atom stereocenters. The van der Waals surface area contributed by atoms with Crippen molar-refractivity contribution >= 4 is 5.69 Å². The van der Waals surface area contributed by atoms with Crippen LogP contribution in [-0.2, 0) is 0 Å². The first-order valence-corrected chi connectivity index (χ1v) is 6.21. The van der Waals surface area contributed by atoms with E-state index < -0.39 is 11.9 Å². The summed E-state index contributed by atoms with van der Waals surface area (Å²) in [6.07, 6.45) is -0.907. The first-order chi connectivity index (χ1) is 8.90. The minimum Gasteiger partial charge on any atom is -0.398 e. The van der Waals surface area contributed by atoms with Crippen LogP contribution >= 0.6 is 0 Å². The van der Waals surface area contributed by atoms with E-state index in [1.807, 2.05) is 32.9 Å². The van der Waals surface area contributed by atoms with Gasteiger partial charge in [-0.15, -0.1) is 0 Å². The second-order valence-corrected chi connectivity index (χ2v) is 4.97. The fraction of sp³-hybridized carbons (Fsp3) is 0.250. The third-order valence-corrected chi connectivity index (χ3v) is 3.52. The van der Waals surface area contributed by atoms with Gasteiger partial charge in [-0.25, -0.2) is 4.39 Å². The molecule has 19 heavy (non-hydrogen) atoms. The summed E-state index contributed by atoms with van der Waals surface area (Å²) in [6.45, 7) is 5.94. The number of nitrogen functional groups attached to an aromatic ring is 1. The lowest BCUT2D eigenvalue weighted by Gasteiger charge is -2.18. The van der Waals surface area contributed by atoms with Gasteiger partial charge in [0, 0.05) is 11.3 Å². The highest BCUT2D eigenvalue weighted by Crippen LogP contribution is 2.30. The minimum absolute atomic E-state index is 0.395. The third-order valence-electron chi connectivity index (χ3n) is 3.52. The van der Waals surface area contributed by atoms with Gasteiger partial charge in [-0.2, -0.15) is 0 Å². The Balaban J connectivity index is 2.52. The van der Waals surface area contributed by atoms with Gasteiger partial charge < -0.3 is 10.8 Å². The molecule has 3 N–H and O–H groups in total. The van der Waals surface area contributed by atoms with Gasteiger partial charge in [-0.05, 0) is 61.2 Å². The van der Waals surface area contributed by atoms with Crippen LogP contribution < -0.4 is 5.73 Å². The van der Waals surface area contributed by atoms with Gasteiger partial charge in [-0.1, -0.05) is 12.1 Å². The van der Waals surface area contributed by atoms with Gasteiger partial charge in [0.15, 0.2) is 0 Å². The Bertz CT molecular complexity index is 622. The molecule has 0 saturated heterocycles. The summed E-state index contributed by atoms with van der Waals surface area (Å²) >= 11 is 0. The fourth-order valence-electron chi connectivity index (χ4n) is 2.23. The van der Waals surface area contributed by atoms with Gasteiger partial charge in [-0.3, -0.25) is 0 Å². The molecule has 0 saturated carbocycles. The van der Waals surface area contributed by atoms with Crippen molar-refractivity contribution in [1.29, 1.82) is 0 Å². The average Bonchev–Trinajstić information content (AvgIpc) is 2.36. The van der Waals surface area contributed by atoms with E-state index in [1.165, 1.54) is 23.8 Å². The summed E-state index contributed by atoms with van der Waals surface area (Å²) in [5.41, 5.74) is 10.6. The topological polar surface area (TPSA) is 46.2 Å². The van der Waals surface area contributed by atoms with Crippen molar-refractivity contribution in [3.05, 3.63) is 64.0 Å². The Hall–Kier alpha value is -1.87. The fourth-order valence-corrected chi connectivity index (χ4v) is 2.23. The van der Waals surface area contributed by atoms with E-state index in [0.717, 1.165) is 16.7 Å². The maximum Gasteiger partial charge on any atom is 0.123 e. The van der Waals surface area contributed by atoms with Crippen LogP contribution in [0, 0.1) is 26.6 Å². The zero-order chi connectivity index (χ0) is 14.2. The van der Waals surface area contributed by atoms with Crippen LogP contribution in [-0.4, -0.2) is 5.11 Å². The normalized spacial score (nSPS) is 12.5. The van der Waals surface area contributed by atoms with Crippen LogP contribution in [0.4, 0.5) is 10.1 Å². The molecule has 2 aromatic carbocycles. The third kappa shape index (κ3) is 2.61. The van der Waals surface area contributed by atoms with Crippen molar-refractivity contribution in [1.82, 2.24) is 0 Å². The van der Waals surface area contributed by atoms with Crippen LogP contribution in [0.2, 0.25) is 0 Å². The van der Waals surface area contributed by atoms with Gasteiger partial charge in [0.05, 0.1) is 0 Å². The number of halogens is 1. The molecular weight excluding hydrogens is 241 g/mol. The number of anilines is 1. The summed E-state index contributed by atoms with van der Waals surface area (Å²) in [5, 5.41) is 10.4. The molecule has 0 heterocycles. The maximum absolute atomic E-state index is 13.3. The van der Waals surface area contributed by atoms with Gasteiger partial charge >= 0.3 is 0 Å². The molecule has 0 amide bonds. The Kier molecular flexibility index (Phi) is 3.58. The molecule has 0 aromatic heterocycles. The average molecular weight is 259 g/mol. The monoisotopic (exact) mass is 259 g/mol. The second-order valence-electron chi connectivity index (χ2n) is 4.97. The molecule has 2 rings (SSSR count). The van der Waals surface area contributed by atoms with Crippen molar-refractivity contribution in [2.24, 2.45) is 0 Å². The Morgan fingerprint density at radius 3 is 2.26 bits per heavy atom. The van der Waals surface area contributed by atoms with Crippen molar-refractivity contribution in [3.63, 3.8) is 0 Å². The van der Waals surface area contributed by atoms with E-state index in [2.05, 4.69) is 0 Å². The number of rotatable bonds is 2. The Labute approximate surface area is 112 Å². The molecule has 0 spiro atoms. The molecular formula is C16H18FNO. The van der Waals surface area contributed by atoms with E-state index in [-0.39, 0.29) is 0 Å². The number of aliphatic hydroxyl groups is 1. The van der Waals surface area contributed by atoms with Crippen LogP contribution in [0.3, 0.4) is 0 Å². The minimum atomic E-state index is -0.907. The lowest BCUT2D eigenvalue weighted by molar-refractivity contribution is 0.219. The summed E-state index contributed by atoms with van der Waals surface area (Å²) in [7, 11) is 0. The van der Waals surface area contributed by atoms with E-state index in [1.54, 1.807) is 0 Å².